The Hall–Kier alpha value is -1.27. The van der Waals surface area contributed by atoms with E-state index >= 15 is 0 Å². The van der Waals surface area contributed by atoms with Crippen molar-refractivity contribution in [3.63, 3.8) is 0 Å². The first-order valence-electron chi connectivity index (χ1n) is 3.58. The molecule has 0 amide bonds. The Balaban J connectivity index is 3.08. The van der Waals surface area contributed by atoms with Gasteiger partial charge in [-0.25, -0.2) is 9.18 Å². The predicted molar refractivity (Wildman–Crippen MR) is 46.0 cm³/mol. The second-order valence-electron chi connectivity index (χ2n) is 2.56. The standard InChI is InChI=1S/C8H7FO4S/c9-7-2-1-5(8(10)11)3-6(7)4-14(12)13/h1-3H,4H2,(H,10,11)(H,12,13)/p-1. The van der Waals surface area contributed by atoms with Crippen LogP contribution in [0.15, 0.2) is 18.2 Å². The number of aromatic carboxylic acids is 1. The van der Waals surface area contributed by atoms with Gasteiger partial charge in [-0.1, -0.05) is 11.1 Å². The molecule has 0 aliphatic heterocycles. The van der Waals surface area contributed by atoms with Crippen LogP contribution in [-0.2, 0) is 16.8 Å². The van der Waals surface area contributed by atoms with Crippen molar-refractivity contribution in [2.75, 3.05) is 0 Å². The molecule has 1 N–H and O–H groups in total. The van der Waals surface area contributed by atoms with Crippen LogP contribution in [0.1, 0.15) is 15.9 Å². The Kier molecular flexibility index (Phi) is 3.32. The first-order chi connectivity index (χ1) is 6.50. The quantitative estimate of drug-likeness (QED) is 0.763. The number of rotatable bonds is 3. The third-order valence-electron chi connectivity index (χ3n) is 1.57. The van der Waals surface area contributed by atoms with Gasteiger partial charge < -0.3 is 9.66 Å². The van der Waals surface area contributed by atoms with E-state index in [1.165, 1.54) is 0 Å². The van der Waals surface area contributed by atoms with Gasteiger partial charge in [-0.2, -0.15) is 0 Å². The molecular formula is C8H6FO4S-. The van der Waals surface area contributed by atoms with Gasteiger partial charge >= 0.3 is 5.97 Å². The molecule has 4 nitrogen and oxygen atoms in total. The molecule has 0 aliphatic rings. The normalized spacial score (nSPS) is 12.4. The Labute approximate surface area is 81.7 Å². The molecule has 1 rings (SSSR count). The molecule has 14 heavy (non-hydrogen) atoms. The number of carboxylic acids is 1. The van der Waals surface area contributed by atoms with E-state index in [1.54, 1.807) is 0 Å². The van der Waals surface area contributed by atoms with E-state index in [9.17, 15) is 17.9 Å². The maximum Gasteiger partial charge on any atom is 0.335 e. The summed E-state index contributed by atoms with van der Waals surface area (Å²) in [5, 5.41) is 8.56. The second-order valence-corrected chi connectivity index (χ2v) is 3.46. The Morgan fingerprint density at radius 3 is 2.71 bits per heavy atom. The smallest absolute Gasteiger partial charge is 0.335 e. The summed E-state index contributed by atoms with van der Waals surface area (Å²) in [5.41, 5.74) is -0.273. The van der Waals surface area contributed by atoms with Crippen molar-refractivity contribution in [2.45, 2.75) is 5.75 Å². The van der Waals surface area contributed by atoms with E-state index in [2.05, 4.69) is 0 Å². The average Bonchev–Trinajstić information content (AvgIpc) is 2.07. The van der Waals surface area contributed by atoms with Crippen molar-refractivity contribution in [3.8, 4) is 0 Å². The Morgan fingerprint density at radius 1 is 1.57 bits per heavy atom. The zero-order chi connectivity index (χ0) is 10.7. The lowest BCUT2D eigenvalue weighted by atomic mass is 10.1. The zero-order valence-corrected chi connectivity index (χ0v) is 7.71. The minimum atomic E-state index is -2.43. The minimum Gasteiger partial charge on any atom is -0.772 e. The second kappa shape index (κ2) is 4.30. The number of hydrogen-bond acceptors (Lipinski definition) is 3. The summed E-state index contributed by atoms with van der Waals surface area (Å²) < 4.78 is 33.5. The summed E-state index contributed by atoms with van der Waals surface area (Å²) in [4.78, 5) is 10.5. The summed E-state index contributed by atoms with van der Waals surface area (Å²) in [5.74, 6) is -2.46. The van der Waals surface area contributed by atoms with E-state index in [0.29, 0.717) is 0 Å². The van der Waals surface area contributed by atoms with Crippen LogP contribution in [0.25, 0.3) is 0 Å². The molecule has 0 fully saturated rings. The molecule has 0 bridgehead atoms. The lowest BCUT2D eigenvalue weighted by Crippen LogP contribution is -2.02. The fourth-order valence-electron chi connectivity index (χ4n) is 0.945. The van der Waals surface area contributed by atoms with Gasteiger partial charge in [0, 0.05) is 5.75 Å². The van der Waals surface area contributed by atoms with Gasteiger partial charge in [0.05, 0.1) is 5.56 Å². The molecule has 1 atom stereocenters. The van der Waals surface area contributed by atoms with E-state index < -0.39 is 28.6 Å². The lowest BCUT2D eigenvalue weighted by molar-refractivity contribution is 0.0696. The molecule has 0 heterocycles. The predicted octanol–water partition coefficient (Wildman–Crippen LogP) is 0.903. The summed E-state index contributed by atoms with van der Waals surface area (Å²) in [7, 11) is 0. The summed E-state index contributed by atoms with van der Waals surface area (Å²) in [6.45, 7) is 0. The van der Waals surface area contributed by atoms with E-state index in [-0.39, 0.29) is 11.1 Å². The van der Waals surface area contributed by atoms with Crippen LogP contribution in [0.5, 0.6) is 0 Å². The van der Waals surface area contributed by atoms with Gasteiger partial charge in [0.15, 0.2) is 0 Å². The van der Waals surface area contributed by atoms with Gasteiger partial charge in [0.1, 0.15) is 5.82 Å². The summed E-state index contributed by atoms with van der Waals surface area (Å²) >= 11 is -2.43. The molecular weight excluding hydrogens is 211 g/mol. The minimum absolute atomic E-state index is 0.133. The van der Waals surface area contributed by atoms with Crippen LogP contribution in [0.4, 0.5) is 4.39 Å². The molecule has 1 aromatic carbocycles. The lowest BCUT2D eigenvalue weighted by Gasteiger charge is -2.06. The molecule has 1 aromatic rings. The third-order valence-corrected chi connectivity index (χ3v) is 2.11. The number of halogens is 1. The maximum absolute atomic E-state index is 12.9. The van der Waals surface area contributed by atoms with Crippen LogP contribution in [0, 0.1) is 5.82 Å². The van der Waals surface area contributed by atoms with Gasteiger partial charge in [-0.3, -0.25) is 4.21 Å². The summed E-state index contributed by atoms with van der Waals surface area (Å²) in [6.07, 6.45) is 0. The molecule has 0 radical (unpaired) electrons. The summed E-state index contributed by atoms with van der Waals surface area (Å²) in [6, 6.07) is 3.02. The molecule has 0 aliphatic carbocycles. The molecule has 76 valence electrons. The number of carboxylic acid groups (broad SMARTS) is 1. The van der Waals surface area contributed by atoms with Crippen molar-refractivity contribution in [1.29, 1.82) is 0 Å². The third kappa shape index (κ3) is 2.61. The molecule has 0 saturated heterocycles. The van der Waals surface area contributed by atoms with Crippen LogP contribution in [-0.4, -0.2) is 19.8 Å². The fraction of sp³-hybridized carbons (Fsp3) is 0.125. The Bertz CT molecular complexity index is 391. The highest BCUT2D eigenvalue weighted by atomic mass is 32.2. The van der Waals surface area contributed by atoms with Crippen LogP contribution in [0.2, 0.25) is 0 Å². The fourth-order valence-corrected chi connectivity index (χ4v) is 1.42. The van der Waals surface area contributed by atoms with Crippen LogP contribution < -0.4 is 0 Å². The van der Waals surface area contributed by atoms with Crippen molar-refractivity contribution < 1.29 is 23.1 Å². The highest BCUT2D eigenvalue weighted by molar-refractivity contribution is 7.78. The first kappa shape index (κ1) is 10.8. The van der Waals surface area contributed by atoms with Crippen molar-refractivity contribution in [1.82, 2.24) is 0 Å². The van der Waals surface area contributed by atoms with E-state index in [4.69, 9.17) is 5.11 Å². The molecule has 6 heteroatoms. The monoisotopic (exact) mass is 217 g/mol. The number of hydrogen-bond donors (Lipinski definition) is 1. The topological polar surface area (TPSA) is 77.4 Å². The number of benzene rings is 1. The van der Waals surface area contributed by atoms with Crippen LogP contribution >= 0.6 is 0 Å². The van der Waals surface area contributed by atoms with Crippen molar-refractivity contribution >= 4 is 17.0 Å². The average molecular weight is 217 g/mol. The van der Waals surface area contributed by atoms with E-state index in [1.807, 2.05) is 0 Å². The molecule has 0 saturated carbocycles. The molecule has 0 spiro atoms. The maximum atomic E-state index is 12.9. The molecule has 0 aromatic heterocycles. The SMILES string of the molecule is O=C(O)c1ccc(F)c(CS(=O)[O-])c1. The molecule has 1 unspecified atom stereocenters. The first-order valence-corrected chi connectivity index (χ1v) is 4.82. The largest absolute Gasteiger partial charge is 0.772 e. The van der Waals surface area contributed by atoms with Gasteiger partial charge in [0.2, 0.25) is 0 Å². The van der Waals surface area contributed by atoms with Gasteiger partial charge in [-0.15, -0.1) is 0 Å². The Morgan fingerprint density at radius 2 is 2.21 bits per heavy atom. The highest BCUT2D eigenvalue weighted by Crippen LogP contribution is 2.12. The van der Waals surface area contributed by atoms with Gasteiger partial charge in [-0.05, 0) is 23.8 Å². The van der Waals surface area contributed by atoms with E-state index in [0.717, 1.165) is 18.2 Å². The van der Waals surface area contributed by atoms with Gasteiger partial charge in [0.25, 0.3) is 0 Å². The van der Waals surface area contributed by atoms with Crippen LogP contribution in [0.3, 0.4) is 0 Å². The number of carbonyl (C=O) groups is 1. The van der Waals surface area contributed by atoms with Crippen molar-refractivity contribution in [3.05, 3.63) is 35.1 Å². The highest BCUT2D eigenvalue weighted by Gasteiger charge is 2.07. The van der Waals surface area contributed by atoms with Crippen molar-refractivity contribution in [2.24, 2.45) is 0 Å². The zero-order valence-electron chi connectivity index (χ0n) is 6.90.